The van der Waals surface area contributed by atoms with Crippen molar-refractivity contribution in [3.8, 4) is 0 Å². The molecule has 0 bridgehead atoms. The number of halogens is 1. The quantitative estimate of drug-likeness (QED) is 0.365. The molecule has 1 fully saturated rings. The minimum Gasteiger partial charge on any atom is -0.385 e. The third kappa shape index (κ3) is 6.47. The maximum atomic E-state index is 5.34. The number of rotatable bonds is 8. The summed E-state index contributed by atoms with van der Waals surface area (Å²) >= 11 is 0. The molecule has 0 aromatic carbocycles. The molecule has 1 saturated carbocycles. The van der Waals surface area contributed by atoms with Crippen molar-refractivity contribution in [1.82, 2.24) is 14.8 Å². The van der Waals surface area contributed by atoms with E-state index in [1.54, 1.807) is 7.11 Å². The van der Waals surface area contributed by atoms with Gasteiger partial charge in [0, 0.05) is 52.8 Å². The van der Waals surface area contributed by atoms with Gasteiger partial charge in [-0.3, -0.25) is 4.99 Å². The first-order valence-corrected chi connectivity index (χ1v) is 9.19. The van der Waals surface area contributed by atoms with E-state index in [0.29, 0.717) is 5.41 Å². The highest BCUT2D eigenvalue weighted by Crippen LogP contribution is 2.41. The SMILES string of the molecule is CCNC(=NCC1(CCOC)CCCC1)N(C)Cc1cccn1C.I. The van der Waals surface area contributed by atoms with E-state index in [2.05, 4.69) is 54.1 Å². The summed E-state index contributed by atoms with van der Waals surface area (Å²) in [6.07, 6.45) is 8.42. The van der Waals surface area contributed by atoms with Crippen LogP contribution in [0.15, 0.2) is 23.3 Å². The summed E-state index contributed by atoms with van der Waals surface area (Å²) in [5.41, 5.74) is 1.63. The Hall–Kier alpha value is -0.760. The maximum Gasteiger partial charge on any atom is 0.194 e. The van der Waals surface area contributed by atoms with Crippen LogP contribution in [0, 0.1) is 5.41 Å². The topological polar surface area (TPSA) is 41.8 Å². The molecule has 1 aromatic heterocycles. The molecule has 0 amide bonds. The zero-order chi connectivity index (χ0) is 17.4. The molecule has 1 N–H and O–H groups in total. The predicted octanol–water partition coefficient (Wildman–Crippen LogP) is 3.64. The van der Waals surface area contributed by atoms with Gasteiger partial charge >= 0.3 is 0 Å². The summed E-state index contributed by atoms with van der Waals surface area (Å²) in [5, 5.41) is 3.45. The van der Waals surface area contributed by atoms with Gasteiger partial charge in [-0.05, 0) is 43.7 Å². The minimum atomic E-state index is 0. The number of aliphatic imine (C=N–C) groups is 1. The molecule has 1 aliphatic rings. The van der Waals surface area contributed by atoms with Gasteiger partial charge in [-0.25, -0.2) is 0 Å². The molecule has 2 rings (SSSR count). The fourth-order valence-corrected chi connectivity index (χ4v) is 3.62. The van der Waals surface area contributed by atoms with Gasteiger partial charge < -0.3 is 19.5 Å². The Morgan fingerprint density at radius 3 is 2.68 bits per heavy atom. The Balaban J connectivity index is 0.00000312. The van der Waals surface area contributed by atoms with Gasteiger partial charge in [-0.15, -0.1) is 24.0 Å². The second kappa shape index (κ2) is 11.1. The van der Waals surface area contributed by atoms with E-state index in [1.165, 1.54) is 31.4 Å². The van der Waals surface area contributed by atoms with E-state index in [9.17, 15) is 0 Å². The molecule has 0 aliphatic heterocycles. The van der Waals surface area contributed by atoms with Crippen LogP contribution in [-0.4, -0.2) is 49.3 Å². The van der Waals surface area contributed by atoms with Crippen LogP contribution in [-0.2, 0) is 18.3 Å². The minimum absolute atomic E-state index is 0. The molecule has 0 atom stereocenters. The van der Waals surface area contributed by atoms with Gasteiger partial charge in [-0.2, -0.15) is 0 Å². The van der Waals surface area contributed by atoms with Gasteiger partial charge in [-0.1, -0.05) is 12.8 Å². The van der Waals surface area contributed by atoms with Crippen LogP contribution in [0.1, 0.15) is 44.7 Å². The van der Waals surface area contributed by atoms with Crippen LogP contribution in [0.5, 0.6) is 0 Å². The summed E-state index contributed by atoms with van der Waals surface area (Å²) in [5.74, 6) is 1.00. The van der Waals surface area contributed by atoms with Crippen LogP contribution < -0.4 is 5.32 Å². The number of hydrogen-bond donors (Lipinski definition) is 1. The lowest BCUT2D eigenvalue weighted by molar-refractivity contribution is 0.141. The van der Waals surface area contributed by atoms with E-state index >= 15 is 0 Å². The molecular formula is C19H35IN4O. The van der Waals surface area contributed by atoms with Crippen LogP contribution in [0.2, 0.25) is 0 Å². The number of aromatic nitrogens is 1. The van der Waals surface area contributed by atoms with Crippen molar-refractivity contribution < 1.29 is 4.74 Å². The Morgan fingerprint density at radius 1 is 1.40 bits per heavy atom. The normalized spacial score (nSPS) is 16.6. The monoisotopic (exact) mass is 462 g/mol. The molecule has 0 spiro atoms. The first-order chi connectivity index (χ1) is 11.6. The second-order valence-corrected chi connectivity index (χ2v) is 7.09. The van der Waals surface area contributed by atoms with Gasteiger partial charge in [0.05, 0.1) is 6.54 Å². The third-order valence-electron chi connectivity index (χ3n) is 5.21. The first-order valence-electron chi connectivity index (χ1n) is 9.19. The molecular weight excluding hydrogens is 427 g/mol. The van der Waals surface area contributed by atoms with Gasteiger partial charge in [0.25, 0.3) is 0 Å². The van der Waals surface area contributed by atoms with Crippen molar-refractivity contribution in [3.63, 3.8) is 0 Å². The summed E-state index contributed by atoms with van der Waals surface area (Å²) in [6.45, 7) is 5.62. The molecule has 0 unspecified atom stereocenters. The second-order valence-electron chi connectivity index (χ2n) is 7.09. The van der Waals surface area contributed by atoms with E-state index in [1.807, 2.05) is 0 Å². The summed E-state index contributed by atoms with van der Waals surface area (Å²) in [4.78, 5) is 7.22. The molecule has 144 valence electrons. The number of methoxy groups -OCH3 is 1. The molecule has 0 saturated heterocycles. The summed E-state index contributed by atoms with van der Waals surface area (Å²) in [6, 6.07) is 4.25. The molecule has 1 aromatic rings. The Morgan fingerprint density at radius 2 is 2.12 bits per heavy atom. The van der Waals surface area contributed by atoms with Crippen molar-refractivity contribution in [3.05, 3.63) is 24.0 Å². The average molecular weight is 462 g/mol. The number of guanidine groups is 1. The maximum absolute atomic E-state index is 5.34. The zero-order valence-electron chi connectivity index (χ0n) is 16.3. The predicted molar refractivity (Wildman–Crippen MR) is 116 cm³/mol. The Bertz CT molecular complexity index is 523. The largest absolute Gasteiger partial charge is 0.385 e. The number of nitrogens with zero attached hydrogens (tertiary/aromatic N) is 3. The lowest BCUT2D eigenvalue weighted by Crippen LogP contribution is -2.39. The van der Waals surface area contributed by atoms with E-state index in [0.717, 1.165) is 38.6 Å². The molecule has 1 aliphatic carbocycles. The number of nitrogens with one attached hydrogen (secondary N) is 1. The average Bonchev–Trinajstić information content (AvgIpc) is 3.20. The van der Waals surface area contributed by atoms with Crippen LogP contribution >= 0.6 is 24.0 Å². The third-order valence-corrected chi connectivity index (χ3v) is 5.21. The van der Waals surface area contributed by atoms with Crippen molar-refractivity contribution in [1.29, 1.82) is 0 Å². The zero-order valence-corrected chi connectivity index (χ0v) is 18.6. The first kappa shape index (κ1) is 22.3. The van der Waals surface area contributed by atoms with Crippen molar-refractivity contribution in [2.75, 3.05) is 33.9 Å². The van der Waals surface area contributed by atoms with Gasteiger partial charge in [0.15, 0.2) is 5.96 Å². The van der Waals surface area contributed by atoms with Crippen molar-refractivity contribution in [2.24, 2.45) is 17.5 Å². The fraction of sp³-hybridized carbons (Fsp3) is 0.737. The van der Waals surface area contributed by atoms with Crippen LogP contribution in [0.25, 0.3) is 0 Å². The van der Waals surface area contributed by atoms with E-state index in [-0.39, 0.29) is 24.0 Å². The summed E-state index contributed by atoms with van der Waals surface area (Å²) in [7, 11) is 6.00. The van der Waals surface area contributed by atoms with Gasteiger partial charge in [0.1, 0.15) is 0 Å². The van der Waals surface area contributed by atoms with Crippen LogP contribution in [0.4, 0.5) is 0 Å². The summed E-state index contributed by atoms with van der Waals surface area (Å²) < 4.78 is 7.50. The van der Waals surface area contributed by atoms with Gasteiger partial charge in [0.2, 0.25) is 0 Å². The fourth-order valence-electron chi connectivity index (χ4n) is 3.62. The van der Waals surface area contributed by atoms with Crippen LogP contribution in [0.3, 0.4) is 0 Å². The lowest BCUT2D eigenvalue weighted by Gasteiger charge is -2.29. The Kier molecular flexibility index (Phi) is 9.86. The van der Waals surface area contributed by atoms with E-state index < -0.39 is 0 Å². The standard InChI is InChI=1S/C19H34N4O.HI/c1-5-20-18(23(3)15-17-9-8-13-22(17)2)21-16-19(12-14-24-4)10-6-7-11-19;/h8-9,13H,5-7,10-12,14-16H2,1-4H3,(H,20,21);1H. The highest BCUT2D eigenvalue weighted by molar-refractivity contribution is 14.0. The lowest BCUT2D eigenvalue weighted by atomic mass is 9.83. The Labute approximate surface area is 170 Å². The van der Waals surface area contributed by atoms with Crippen molar-refractivity contribution in [2.45, 2.75) is 45.6 Å². The van der Waals surface area contributed by atoms with Crippen molar-refractivity contribution >= 4 is 29.9 Å². The molecule has 1 heterocycles. The molecule has 25 heavy (non-hydrogen) atoms. The molecule has 0 radical (unpaired) electrons. The number of aryl methyl sites for hydroxylation is 1. The number of hydrogen-bond acceptors (Lipinski definition) is 2. The molecule has 6 heteroatoms. The highest BCUT2D eigenvalue weighted by atomic mass is 127. The molecule has 5 nitrogen and oxygen atoms in total. The smallest absolute Gasteiger partial charge is 0.194 e. The number of ether oxygens (including phenoxy) is 1. The highest BCUT2D eigenvalue weighted by Gasteiger charge is 2.33. The van der Waals surface area contributed by atoms with E-state index in [4.69, 9.17) is 9.73 Å².